The summed E-state index contributed by atoms with van der Waals surface area (Å²) in [6.45, 7) is 0. The lowest BCUT2D eigenvalue weighted by Crippen LogP contribution is -2.15. The van der Waals surface area contributed by atoms with Crippen molar-refractivity contribution in [2.45, 2.75) is 6.18 Å². The Morgan fingerprint density at radius 1 is 1.21 bits per heavy atom. The molecule has 2 aromatic carbocycles. The molecule has 122 valence electrons. The number of anilines is 1. The minimum Gasteiger partial charge on any atom is -0.321 e. The fraction of sp³-hybridized carbons (Fsp3) is 0.0667. The molecule has 0 fully saturated rings. The molecule has 1 N–H and O–H groups in total. The van der Waals surface area contributed by atoms with Gasteiger partial charge in [-0.25, -0.2) is 0 Å². The zero-order valence-electron chi connectivity index (χ0n) is 11.8. The number of para-hydroxylation sites is 1. The highest BCUT2D eigenvalue weighted by atomic mass is 19.4. The van der Waals surface area contributed by atoms with E-state index in [0.717, 1.165) is 6.07 Å². The van der Waals surface area contributed by atoms with Crippen molar-refractivity contribution in [3.63, 3.8) is 0 Å². The molecule has 0 spiro atoms. The predicted molar refractivity (Wildman–Crippen MR) is 77.2 cm³/mol. The van der Waals surface area contributed by atoms with E-state index in [0.29, 0.717) is 12.1 Å². The number of nitrogens with one attached hydrogen (secondary N) is 1. The van der Waals surface area contributed by atoms with Crippen LogP contribution in [-0.4, -0.2) is 10.8 Å². The number of nitro benzene ring substituents is 1. The fourth-order valence-electron chi connectivity index (χ4n) is 1.90. The molecule has 0 bridgehead atoms. The molecule has 0 aliphatic carbocycles. The number of carbonyl (C=O) groups excluding carboxylic acids is 1. The topological polar surface area (TPSA) is 96.0 Å². The number of rotatable bonds is 3. The van der Waals surface area contributed by atoms with Crippen molar-refractivity contribution < 1.29 is 22.9 Å². The van der Waals surface area contributed by atoms with E-state index in [-0.39, 0.29) is 11.3 Å². The molecule has 0 aromatic heterocycles. The maximum Gasteiger partial charge on any atom is 0.416 e. The molecule has 0 aliphatic rings. The quantitative estimate of drug-likeness (QED) is 0.682. The number of amides is 1. The van der Waals surface area contributed by atoms with Crippen molar-refractivity contribution in [1.82, 2.24) is 0 Å². The van der Waals surface area contributed by atoms with Crippen LogP contribution >= 0.6 is 0 Å². The van der Waals surface area contributed by atoms with Crippen LogP contribution in [0.5, 0.6) is 0 Å². The average Bonchev–Trinajstić information content (AvgIpc) is 2.54. The molecule has 2 rings (SSSR count). The summed E-state index contributed by atoms with van der Waals surface area (Å²) in [5.74, 6) is -0.994. The molecule has 0 aliphatic heterocycles. The van der Waals surface area contributed by atoms with E-state index in [1.54, 1.807) is 6.07 Å². The summed E-state index contributed by atoms with van der Waals surface area (Å²) in [4.78, 5) is 21.9. The summed E-state index contributed by atoms with van der Waals surface area (Å²) in [6, 6.07) is 9.27. The smallest absolute Gasteiger partial charge is 0.321 e. The van der Waals surface area contributed by atoms with Gasteiger partial charge in [0.25, 0.3) is 11.6 Å². The number of hydrogen-bond acceptors (Lipinski definition) is 4. The normalized spacial score (nSPS) is 10.8. The van der Waals surface area contributed by atoms with Gasteiger partial charge in [-0.2, -0.15) is 18.4 Å². The minimum absolute atomic E-state index is 0.0880. The second-order valence-corrected chi connectivity index (χ2v) is 4.63. The third-order valence-corrected chi connectivity index (χ3v) is 3.01. The number of hydrogen-bond donors (Lipinski definition) is 1. The molecule has 0 unspecified atom stereocenters. The Labute approximate surface area is 133 Å². The molecule has 0 heterocycles. The van der Waals surface area contributed by atoms with E-state index in [4.69, 9.17) is 5.26 Å². The number of alkyl halides is 3. The molecule has 6 nitrogen and oxygen atoms in total. The molecular formula is C15H8F3N3O3. The van der Waals surface area contributed by atoms with Gasteiger partial charge in [0.15, 0.2) is 0 Å². The van der Waals surface area contributed by atoms with E-state index < -0.39 is 33.8 Å². The summed E-state index contributed by atoms with van der Waals surface area (Å²) in [7, 11) is 0. The molecule has 0 saturated heterocycles. The summed E-state index contributed by atoms with van der Waals surface area (Å²) >= 11 is 0. The first kappa shape index (κ1) is 17.0. The van der Waals surface area contributed by atoms with E-state index in [1.807, 2.05) is 6.07 Å². The molecule has 2 aromatic rings. The maximum atomic E-state index is 12.8. The Hall–Kier alpha value is -3.41. The van der Waals surface area contributed by atoms with Crippen LogP contribution in [0.2, 0.25) is 0 Å². The molecule has 9 heteroatoms. The number of non-ortho nitro benzene ring substituents is 1. The monoisotopic (exact) mass is 335 g/mol. The summed E-state index contributed by atoms with van der Waals surface area (Å²) < 4.78 is 38.5. The number of benzene rings is 2. The van der Waals surface area contributed by atoms with Gasteiger partial charge in [-0.3, -0.25) is 14.9 Å². The van der Waals surface area contributed by atoms with Gasteiger partial charge in [0.1, 0.15) is 6.07 Å². The summed E-state index contributed by atoms with van der Waals surface area (Å²) in [6.07, 6.45) is -4.84. The van der Waals surface area contributed by atoms with Gasteiger partial charge < -0.3 is 5.32 Å². The first-order chi connectivity index (χ1) is 11.2. The van der Waals surface area contributed by atoms with E-state index >= 15 is 0 Å². The zero-order valence-corrected chi connectivity index (χ0v) is 11.8. The first-order valence-electron chi connectivity index (χ1n) is 6.39. The first-order valence-corrected chi connectivity index (χ1v) is 6.39. The third-order valence-electron chi connectivity index (χ3n) is 3.01. The lowest BCUT2D eigenvalue weighted by molar-refractivity contribution is -0.385. The van der Waals surface area contributed by atoms with Gasteiger partial charge in [-0.05, 0) is 18.2 Å². The second kappa shape index (κ2) is 6.37. The van der Waals surface area contributed by atoms with Crippen molar-refractivity contribution >= 4 is 17.3 Å². The molecule has 24 heavy (non-hydrogen) atoms. The summed E-state index contributed by atoms with van der Waals surface area (Å²) in [5, 5.41) is 22.0. The number of carbonyl (C=O) groups is 1. The largest absolute Gasteiger partial charge is 0.416 e. The van der Waals surface area contributed by atoms with Crippen LogP contribution in [0.15, 0.2) is 42.5 Å². The predicted octanol–water partition coefficient (Wildman–Crippen LogP) is 3.74. The lowest BCUT2D eigenvalue weighted by Gasteiger charge is -2.10. The van der Waals surface area contributed by atoms with Crippen molar-refractivity contribution in [2.75, 3.05) is 5.32 Å². The summed E-state index contributed by atoms with van der Waals surface area (Å²) in [5.41, 5.74) is -2.51. The average molecular weight is 335 g/mol. The van der Waals surface area contributed by atoms with Crippen molar-refractivity contribution in [1.29, 1.82) is 5.26 Å². The minimum atomic E-state index is -4.84. The highest BCUT2D eigenvalue weighted by molar-refractivity contribution is 6.05. The Kier molecular flexibility index (Phi) is 4.50. The lowest BCUT2D eigenvalue weighted by atomic mass is 10.1. The highest BCUT2D eigenvalue weighted by Crippen LogP contribution is 2.32. The van der Waals surface area contributed by atoms with Gasteiger partial charge >= 0.3 is 6.18 Å². The van der Waals surface area contributed by atoms with Crippen molar-refractivity contribution in [3.05, 3.63) is 69.3 Å². The van der Waals surface area contributed by atoms with Crippen LogP contribution in [0, 0.1) is 21.4 Å². The van der Waals surface area contributed by atoms with Gasteiger partial charge in [0.05, 0.1) is 21.7 Å². The Morgan fingerprint density at radius 2 is 1.88 bits per heavy atom. The Balaban J connectivity index is 2.44. The molecular weight excluding hydrogens is 327 g/mol. The van der Waals surface area contributed by atoms with Crippen LogP contribution in [0.25, 0.3) is 0 Å². The maximum absolute atomic E-state index is 12.8. The van der Waals surface area contributed by atoms with Crippen LogP contribution in [0.1, 0.15) is 21.5 Å². The highest BCUT2D eigenvalue weighted by Gasteiger charge is 2.33. The van der Waals surface area contributed by atoms with Gasteiger partial charge in [-0.15, -0.1) is 0 Å². The molecule has 0 atom stereocenters. The third kappa shape index (κ3) is 3.67. The second-order valence-electron chi connectivity index (χ2n) is 4.63. The van der Waals surface area contributed by atoms with Gasteiger partial charge in [0.2, 0.25) is 0 Å². The van der Waals surface area contributed by atoms with E-state index in [9.17, 15) is 28.1 Å². The molecule has 0 radical (unpaired) electrons. The molecule has 0 saturated carbocycles. The van der Waals surface area contributed by atoms with E-state index in [2.05, 4.69) is 5.32 Å². The van der Waals surface area contributed by atoms with Crippen LogP contribution in [0.4, 0.5) is 24.5 Å². The number of nitriles is 1. The van der Waals surface area contributed by atoms with E-state index in [1.165, 1.54) is 18.2 Å². The van der Waals surface area contributed by atoms with Gasteiger partial charge in [0, 0.05) is 17.7 Å². The number of halogens is 3. The standard InChI is InChI=1S/C15H8F3N3O3/c16-15(17,18)11-5-10(6-12(7-11)21(23)24)14(22)20-13-4-2-1-3-9(13)8-19/h1-7H,(H,20,22). The van der Waals surface area contributed by atoms with Crippen LogP contribution in [0.3, 0.4) is 0 Å². The Bertz CT molecular complexity index is 857. The Morgan fingerprint density at radius 3 is 2.46 bits per heavy atom. The van der Waals surface area contributed by atoms with Crippen LogP contribution < -0.4 is 5.32 Å². The van der Waals surface area contributed by atoms with Crippen molar-refractivity contribution in [2.24, 2.45) is 0 Å². The van der Waals surface area contributed by atoms with Crippen molar-refractivity contribution in [3.8, 4) is 6.07 Å². The van der Waals surface area contributed by atoms with Crippen LogP contribution in [-0.2, 0) is 6.18 Å². The van der Waals surface area contributed by atoms with Gasteiger partial charge in [-0.1, -0.05) is 12.1 Å². The fourth-order valence-corrected chi connectivity index (χ4v) is 1.90. The molecule has 1 amide bonds. The zero-order chi connectivity index (χ0) is 17.9. The number of nitrogens with zero attached hydrogens (tertiary/aromatic N) is 2. The number of nitro groups is 1. The SMILES string of the molecule is N#Cc1ccccc1NC(=O)c1cc([N+](=O)[O-])cc(C(F)(F)F)c1.